The Morgan fingerprint density at radius 2 is 2.19 bits per heavy atom. The average molecular weight is 307 g/mol. The first-order valence-corrected chi connectivity index (χ1v) is 6.96. The number of rotatable bonds is 3. The number of fused-ring (bicyclic) bond motifs is 1. The van der Waals surface area contributed by atoms with Gasteiger partial charge in [-0.2, -0.15) is 0 Å². The standard InChI is InChI=1S/C15H18N4O.ClH/c1-16-10-11-4-3-9-19(11)15(20)12-5-2-6-13-14(12)18-8-7-17-13;/h2,5-8,11,16H,3-4,9-10H2,1H3;1H. The minimum Gasteiger partial charge on any atom is -0.334 e. The molecule has 0 saturated carbocycles. The van der Waals surface area contributed by atoms with Gasteiger partial charge >= 0.3 is 0 Å². The number of benzene rings is 1. The molecule has 2 aromatic rings. The van der Waals surface area contributed by atoms with Gasteiger partial charge in [-0.05, 0) is 32.0 Å². The van der Waals surface area contributed by atoms with Crippen molar-refractivity contribution in [3.8, 4) is 0 Å². The van der Waals surface area contributed by atoms with Gasteiger partial charge in [0.15, 0.2) is 0 Å². The zero-order valence-corrected chi connectivity index (χ0v) is 12.8. The second kappa shape index (κ2) is 6.83. The highest BCUT2D eigenvalue weighted by Crippen LogP contribution is 2.22. The van der Waals surface area contributed by atoms with Gasteiger partial charge in [0.05, 0.1) is 11.1 Å². The van der Waals surface area contributed by atoms with Gasteiger partial charge in [-0.15, -0.1) is 12.4 Å². The highest BCUT2D eigenvalue weighted by molar-refractivity contribution is 6.04. The largest absolute Gasteiger partial charge is 0.334 e. The van der Waals surface area contributed by atoms with E-state index in [9.17, 15) is 4.79 Å². The fourth-order valence-electron chi connectivity index (χ4n) is 2.87. The van der Waals surface area contributed by atoms with Crippen LogP contribution in [-0.2, 0) is 0 Å². The Hall–Kier alpha value is -1.72. The van der Waals surface area contributed by atoms with E-state index < -0.39 is 0 Å². The van der Waals surface area contributed by atoms with E-state index in [0.717, 1.165) is 31.4 Å². The minimum absolute atomic E-state index is 0. The Morgan fingerprint density at radius 3 is 3.00 bits per heavy atom. The summed E-state index contributed by atoms with van der Waals surface area (Å²) in [5, 5.41) is 3.16. The van der Waals surface area contributed by atoms with Crippen molar-refractivity contribution >= 4 is 29.3 Å². The van der Waals surface area contributed by atoms with Gasteiger partial charge in [0.2, 0.25) is 0 Å². The number of likely N-dealkylation sites (tertiary alicyclic amines) is 1. The van der Waals surface area contributed by atoms with Crippen LogP contribution in [0.5, 0.6) is 0 Å². The molecule has 1 atom stereocenters. The fraction of sp³-hybridized carbons (Fsp3) is 0.400. The van der Waals surface area contributed by atoms with Crippen molar-refractivity contribution in [3.05, 3.63) is 36.2 Å². The van der Waals surface area contributed by atoms with Crippen LogP contribution < -0.4 is 5.32 Å². The van der Waals surface area contributed by atoms with Gasteiger partial charge in [-0.3, -0.25) is 14.8 Å². The number of amides is 1. The molecule has 1 amide bonds. The van der Waals surface area contributed by atoms with Crippen LogP contribution in [0.3, 0.4) is 0 Å². The lowest BCUT2D eigenvalue weighted by molar-refractivity contribution is 0.0739. The molecule has 6 heteroatoms. The summed E-state index contributed by atoms with van der Waals surface area (Å²) in [6.07, 6.45) is 5.40. The van der Waals surface area contributed by atoms with Crippen molar-refractivity contribution in [2.45, 2.75) is 18.9 Å². The number of halogens is 1. The van der Waals surface area contributed by atoms with Crippen LogP contribution in [0, 0.1) is 0 Å². The molecule has 0 bridgehead atoms. The predicted molar refractivity (Wildman–Crippen MR) is 84.8 cm³/mol. The molecule has 1 saturated heterocycles. The van der Waals surface area contributed by atoms with Gasteiger partial charge < -0.3 is 10.2 Å². The van der Waals surface area contributed by atoms with Crippen molar-refractivity contribution in [3.63, 3.8) is 0 Å². The molecule has 1 aliphatic rings. The summed E-state index contributed by atoms with van der Waals surface area (Å²) in [6.45, 7) is 1.66. The van der Waals surface area contributed by atoms with Crippen molar-refractivity contribution in [2.24, 2.45) is 0 Å². The van der Waals surface area contributed by atoms with E-state index in [2.05, 4.69) is 15.3 Å². The monoisotopic (exact) mass is 306 g/mol. The van der Waals surface area contributed by atoms with E-state index in [4.69, 9.17) is 0 Å². The molecule has 3 rings (SSSR count). The normalized spacial score (nSPS) is 17.8. The highest BCUT2D eigenvalue weighted by atomic mass is 35.5. The summed E-state index contributed by atoms with van der Waals surface area (Å²) in [4.78, 5) is 23.3. The van der Waals surface area contributed by atoms with Crippen LogP contribution in [0.15, 0.2) is 30.6 Å². The van der Waals surface area contributed by atoms with Gasteiger partial charge in [0.25, 0.3) is 5.91 Å². The highest BCUT2D eigenvalue weighted by Gasteiger charge is 2.29. The average Bonchev–Trinajstić information content (AvgIpc) is 2.94. The first kappa shape index (κ1) is 15.7. The molecule has 0 radical (unpaired) electrons. The van der Waals surface area contributed by atoms with Crippen molar-refractivity contribution in [1.82, 2.24) is 20.2 Å². The zero-order chi connectivity index (χ0) is 13.9. The summed E-state index contributed by atoms with van der Waals surface area (Å²) in [7, 11) is 1.92. The van der Waals surface area contributed by atoms with E-state index >= 15 is 0 Å². The van der Waals surface area contributed by atoms with Crippen LogP contribution in [-0.4, -0.2) is 47.0 Å². The summed E-state index contributed by atoms with van der Waals surface area (Å²) in [5.41, 5.74) is 2.11. The smallest absolute Gasteiger partial charge is 0.256 e. The number of aromatic nitrogens is 2. The number of hydrogen-bond donors (Lipinski definition) is 1. The van der Waals surface area contributed by atoms with E-state index in [-0.39, 0.29) is 24.4 Å². The molecule has 0 spiro atoms. The SMILES string of the molecule is CNCC1CCCN1C(=O)c1cccc2nccnc12.Cl. The number of carbonyl (C=O) groups is 1. The lowest BCUT2D eigenvalue weighted by atomic mass is 10.1. The van der Waals surface area contributed by atoms with E-state index in [1.807, 2.05) is 30.1 Å². The number of likely N-dealkylation sites (N-methyl/N-ethyl adjacent to an activating group) is 1. The Labute approximate surface area is 130 Å². The molecule has 0 aliphatic carbocycles. The summed E-state index contributed by atoms with van der Waals surface area (Å²) >= 11 is 0. The first-order chi connectivity index (χ1) is 9.81. The van der Waals surface area contributed by atoms with E-state index in [1.54, 1.807) is 12.4 Å². The number of nitrogens with one attached hydrogen (secondary N) is 1. The predicted octanol–water partition coefficient (Wildman–Crippen LogP) is 1.88. The van der Waals surface area contributed by atoms with Gasteiger partial charge in [-0.1, -0.05) is 6.07 Å². The first-order valence-electron chi connectivity index (χ1n) is 6.96. The van der Waals surface area contributed by atoms with Crippen LogP contribution in [0.4, 0.5) is 0 Å². The summed E-state index contributed by atoms with van der Waals surface area (Å²) < 4.78 is 0. The van der Waals surface area contributed by atoms with Gasteiger partial charge in [0.1, 0.15) is 5.52 Å². The molecule has 112 valence electrons. The van der Waals surface area contributed by atoms with Crippen LogP contribution in [0.25, 0.3) is 11.0 Å². The molecule has 1 unspecified atom stereocenters. The third kappa shape index (κ3) is 2.99. The van der Waals surface area contributed by atoms with Crippen molar-refractivity contribution in [2.75, 3.05) is 20.1 Å². The Morgan fingerprint density at radius 1 is 1.38 bits per heavy atom. The van der Waals surface area contributed by atoms with Crippen molar-refractivity contribution < 1.29 is 4.79 Å². The van der Waals surface area contributed by atoms with Crippen LogP contribution in [0.2, 0.25) is 0 Å². The lowest BCUT2D eigenvalue weighted by Gasteiger charge is -2.24. The topological polar surface area (TPSA) is 58.1 Å². The zero-order valence-electron chi connectivity index (χ0n) is 12.0. The van der Waals surface area contributed by atoms with E-state index in [0.29, 0.717) is 11.1 Å². The molecular formula is C15H19ClN4O. The molecule has 5 nitrogen and oxygen atoms in total. The van der Waals surface area contributed by atoms with Crippen molar-refractivity contribution in [1.29, 1.82) is 0 Å². The summed E-state index contributed by atoms with van der Waals surface area (Å²) in [6, 6.07) is 5.87. The molecule has 1 N–H and O–H groups in total. The van der Waals surface area contributed by atoms with Gasteiger partial charge in [-0.25, -0.2) is 0 Å². The maximum atomic E-state index is 12.8. The minimum atomic E-state index is 0. The van der Waals surface area contributed by atoms with Gasteiger partial charge in [0, 0.05) is 31.5 Å². The maximum Gasteiger partial charge on any atom is 0.256 e. The van der Waals surface area contributed by atoms with Crippen LogP contribution in [0.1, 0.15) is 23.2 Å². The molecule has 1 aromatic heterocycles. The molecule has 1 fully saturated rings. The van der Waals surface area contributed by atoms with E-state index in [1.165, 1.54) is 0 Å². The Balaban J connectivity index is 0.00000161. The third-order valence-electron chi connectivity index (χ3n) is 3.81. The molecule has 1 aromatic carbocycles. The second-order valence-electron chi connectivity index (χ2n) is 5.08. The third-order valence-corrected chi connectivity index (χ3v) is 3.81. The Bertz CT molecular complexity index is 629. The molecule has 21 heavy (non-hydrogen) atoms. The Kier molecular flexibility index (Phi) is 5.09. The lowest BCUT2D eigenvalue weighted by Crippen LogP contribution is -2.40. The molecule has 1 aliphatic heterocycles. The number of hydrogen-bond acceptors (Lipinski definition) is 4. The number of para-hydroxylation sites is 1. The second-order valence-corrected chi connectivity index (χ2v) is 5.08. The quantitative estimate of drug-likeness (QED) is 0.940. The number of carbonyl (C=O) groups excluding carboxylic acids is 1. The summed E-state index contributed by atoms with van der Waals surface area (Å²) in [5.74, 6) is 0.0638. The number of nitrogens with zero attached hydrogens (tertiary/aromatic N) is 3. The molecular weight excluding hydrogens is 288 g/mol. The molecule has 2 heterocycles. The maximum absolute atomic E-state index is 12.8. The fourth-order valence-corrected chi connectivity index (χ4v) is 2.87. The van der Waals surface area contributed by atoms with Crippen LogP contribution >= 0.6 is 12.4 Å².